The smallest absolute Gasteiger partial charge is 0.271 e. The van der Waals surface area contributed by atoms with E-state index in [0.29, 0.717) is 6.54 Å². The third kappa shape index (κ3) is 3.11. The molecule has 1 unspecified atom stereocenters. The van der Waals surface area contributed by atoms with Crippen LogP contribution in [0.5, 0.6) is 0 Å². The molecular weight excluding hydrogens is 383 g/mol. The number of rotatable bonds is 2. The Morgan fingerprint density at radius 3 is 2.40 bits per heavy atom. The second-order valence-electron chi connectivity index (χ2n) is 6.77. The molecule has 1 atom stereocenters. The topological polar surface area (TPSA) is 26.5 Å². The Labute approximate surface area is 158 Å². The molecule has 0 saturated heterocycles. The molecule has 132 valence electrons. The lowest BCUT2D eigenvalue weighted by Crippen LogP contribution is -3.00. The molecule has 0 aromatic heterocycles. The summed E-state index contributed by atoms with van der Waals surface area (Å²) in [5.74, 6) is 0.885. The van der Waals surface area contributed by atoms with Gasteiger partial charge in [0.15, 0.2) is 6.54 Å². The van der Waals surface area contributed by atoms with Gasteiger partial charge in [0.1, 0.15) is 11.5 Å². The first-order valence-electron chi connectivity index (χ1n) is 8.54. The molecule has 0 amide bonds. The van der Waals surface area contributed by atoms with Crippen molar-refractivity contribution in [3.8, 4) is 0 Å². The fourth-order valence-electron chi connectivity index (χ4n) is 3.82. The molecule has 1 N–H and O–H groups in total. The van der Waals surface area contributed by atoms with Crippen LogP contribution < -0.4 is 21.9 Å². The van der Waals surface area contributed by atoms with Gasteiger partial charge in [-0.15, -0.1) is 0 Å². The molecule has 0 saturated carbocycles. The van der Waals surface area contributed by atoms with Crippen molar-refractivity contribution in [1.29, 1.82) is 0 Å². The quantitative estimate of drug-likeness (QED) is 0.733. The lowest BCUT2D eigenvalue weighted by molar-refractivity contribution is -0.661. The van der Waals surface area contributed by atoms with E-state index in [4.69, 9.17) is 0 Å². The third-order valence-corrected chi connectivity index (χ3v) is 5.13. The second-order valence-corrected chi connectivity index (χ2v) is 6.77. The number of benzene rings is 2. The van der Waals surface area contributed by atoms with Crippen molar-refractivity contribution in [2.75, 3.05) is 18.0 Å². The molecule has 2 aliphatic rings. The van der Waals surface area contributed by atoms with Gasteiger partial charge in [0.25, 0.3) is 11.6 Å². The summed E-state index contributed by atoms with van der Waals surface area (Å²) in [4.78, 5) is 2.21. The van der Waals surface area contributed by atoms with Crippen LogP contribution in [0.15, 0.2) is 48.5 Å². The molecule has 25 heavy (non-hydrogen) atoms. The van der Waals surface area contributed by atoms with Crippen molar-refractivity contribution in [1.82, 2.24) is 0 Å². The molecule has 2 aliphatic heterocycles. The summed E-state index contributed by atoms with van der Waals surface area (Å²) in [5, 5.41) is 11.5. The highest BCUT2D eigenvalue weighted by Crippen LogP contribution is 2.35. The van der Waals surface area contributed by atoms with Crippen molar-refractivity contribution in [2.24, 2.45) is 0 Å². The van der Waals surface area contributed by atoms with E-state index in [9.17, 15) is 9.50 Å². The number of aryl methyl sites for hydroxylation is 1. The van der Waals surface area contributed by atoms with Gasteiger partial charge in [-0.2, -0.15) is 0 Å². The molecule has 4 rings (SSSR count). The second kappa shape index (κ2) is 6.89. The molecule has 2 heterocycles. The monoisotopic (exact) mass is 404 g/mol. The number of aliphatic hydroxyl groups is 1. The normalized spacial score (nSPS) is 22.6. The van der Waals surface area contributed by atoms with Gasteiger partial charge in [-0.25, -0.2) is 13.9 Å². The third-order valence-electron chi connectivity index (χ3n) is 5.13. The Bertz CT molecular complexity index is 788. The molecule has 0 fully saturated rings. The van der Waals surface area contributed by atoms with Crippen molar-refractivity contribution in [3.63, 3.8) is 0 Å². The van der Waals surface area contributed by atoms with Crippen LogP contribution in [0.25, 0.3) is 0 Å². The van der Waals surface area contributed by atoms with Crippen molar-refractivity contribution in [2.45, 2.75) is 31.9 Å². The fourth-order valence-corrected chi connectivity index (χ4v) is 3.82. The predicted octanol–water partition coefficient (Wildman–Crippen LogP) is 0.398. The first kappa shape index (κ1) is 18.1. The van der Waals surface area contributed by atoms with E-state index >= 15 is 0 Å². The van der Waals surface area contributed by atoms with Gasteiger partial charge in [0.05, 0.1) is 6.54 Å². The number of β-amino-alcohol motifs (C(OH)–C–C–N with tert-alkyl or cyclic N) is 1. The number of anilines is 1. The van der Waals surface area contributed by atoms with Gasteiger partial charge in [0.2, 0.25) is 0 Å². The summed E-state index contributed by atoms with van der Waals surface area (Å²) in [6.07, 6.45) is 3.15. The minimum absolute atomic E-state index is 0. The van der Waals surface area contributed by atoms with Crippen molar-refractivity contribution < 1.29 is 31.1 Å². The van der Waals surface area contributed by atoms with E-state index in [-0.39, 0.29) is 22.8 Å². The van der Waals surface area contributed by atoms with E-state index in [1.807, 2.05) is 0 Å². The van der Waals surface area contributed by atoms with Crippen molar-refractivity contribution >= 4 is 11.5 Å². The van der Waals surface area contributed by atoms with Gasteiger partial charge in [-0.05, 0) is 56.2 Å². The van der Waals surface area contributed by atoms with Gasteiger partial charge in [-0.3, -0.25) is 0 Å². The molecule has 0 radical (unpaired) electrons. The average molecular weight is 405 g/mol. The first-order chi connectivity index (χ1) is 11.6. The number of halogens is 2. The molecule has 0 aliphatic carbocycles. The van der Waals surface area contributed by atoms with Gasteiger partial charge >= 0.3 is 0 Å². The molecule has 2 aromatic carbocycles. The molecule has 3 nitrogen and oxygen atoms in total. The number of hydrogen-bond acceptors (Lipinski definition) is 2. The fraction of sp³-hybridized carbons (Fsp3) is 0.350. The lowest BCUT2D eigenvalue weighted by Gasteiger charge is -2.24. The summed E-state index contributed by atoms with van der Waals surface area (Å²) >= 11 is 0. The number of nitrogens with zero attached hydrogens (tertiary/aromatic N) is 2. The van der Waals surface area contributed by atoms with Crippen LogP contribution in [0.2, 0.25) is 0 Å². The van der Waals surface area contributed by atoms with E-state index in [1.165, 1.54) is 17.7 Å². The zero-order chi connectivity index (χ0) is 16.7. The summed E-state index contributed by atoms with van der Waals surface area (Å²) in [7, 11) is 0. The predicted molar refractivity (Wildman–Crippen MR) is 92.8 cm³/mol. The Morgan fingerprint density at radius 1 is 1.04 bits per heavy atom. The number of amidine groups is 1. The Morgan fingerprint density at radius 2 is 1.72 bits per heavy atom. The SMILES string of the molecule is Cc1ccc(N2CC(O)(c3ccc(F)cc3)[N+]3=C2CCCC3)cc1.[Br-]. The Hall–Kier alpha value is -1.72. The molecule has 2 aromatic rings. The molecule has 0 bridgehead atoms. The van der Waals surface area contributed by atoms with Crippen LogP contribution in [-0.4, -0.2) is 28.6 Å². The van der Waals surface area contributed by atoms with E-state index in [1.54, 1.807) is 12.1 Å². The summed E-state index contributed by atoms with van der Waals surface area (Å²) in [6.45, 7) is 3.37. The maximum Gasteiger partial charge on any atom is 0.271 e. The Balaban J connectivity index is 0.00000182. The highest BCUT2D eigenvalue weighted by atomic mass is 79.9. The number of hydrogen-bond donors (Lipinski definition) is 1. The summed E-state index contributed by atoms with van der Waals surface area (Å²) in [5.41, 5.74) is 1.96. The Kier molecular flexibility index (Phi) is 4.98. The minimum atomic E-state index is -1.10. The van der Waals surface area contributed by atoms with Crippen LogP contribution >= 0.6 is 0 Å². The molecule has 5 heteroatoms. The largest absolute Gasteiger partial charge is 1.00 e. The first-order valence-corrected chi connectivity index (χ1v) is 8.54. The van der Waals surface area contributed by atoms with E-state index < -0.39 is 5.72 Å². The molecule has 0 spiro atoms. The maximum absolute atomic E-state index is 13.3. The molecular formula is C20H22BrFN2O. The van der Waals surface area contributed by atoms with Crippen LogP contribution in [0, 0.1) is 12.7 Å². The van der Waals surface area contributed by atoms with Gasteiger partial charge < -0.3 is 22.1 Å². The summed E-state index contributed by atoms with van der Waals surface area (Å²) in [6, 6.07) is 14.6. The van der Waals surface area contributed by atoms with Crippen LogP contribution in [0.1, 0.15) is 30.4 Å². The zero-order valence-electron chi connectivity index (χ0n) is 14.3. The zero-order valence-corrected chi connectivity index (χ0v) is 15.8. The van der Waals surface area contributed by atoms with E-state index in [0.717, 1.165) is 42.9 Å². The minimum Gasteiger partial charge on any atom is -1.00 e. The maximum atomic E-state index is 13.3. The average Bonchev–Trinajstić information content (AvgIpc) is 2.91. The van der Waals surface area contributed by atoms with Crippen molar-refractivity contribution in [3.05, 3.63) is 65.5 Å². The van der Waals surface area contributed by atoms with Crippen LogP contribution in [-0.2, 0) is 5.72 Å². The highest BCUT2D eigenvalue weighted by Gasteiger charge is 2.52. The van der Waals surface area contributed by atoms with E-state index in [2.05, 4.69) is 40.7 Å². The standard InChI is InChI=1S/C20H22FN2O.BrH/c1-15-5-11-18(12-6-15)22-14-20(24,16-7-9-17(21)10-8-16)23-13-3-2-4-19(22)23;/h5-12,24H,2-4,13-14H2,1H3;1H/q+1;/p-1. The lowest BCUT2D eigenvalue weighted by atomic mass is 10.0. The summed E-state index contributed by atoms with van der Waals surface area (Å²) < 4.78 is 15.4. The van der Waals surface area contributed by atoms with Gasteiger partial charge in [-0.1, -0.05) is 17.7 Å². The van der Waals surface area contributed by atoms with Crippen LogP contribution in [0.4, 0.5) is 10.1 Å². The van der Waals surface area contributed by atoms with Gasteiger partial charge in [0, 0.05) is 12.0 Å². The highest BCUT2D eigenvalue weighted by molar-refractivity contribution is 5.96. The van der Waals surface area contributed by atoms with Crippen LogP contribution in [0.3, 0.4) is 0 Å².